The van der Waals surface area contributed by atoms with Gasteiger partial charge < -0.3 is 19.7 Å². The van der Waals surface area contributed by atoms with E-state index in [0.717, 1.165) is 10.5 Å². The van der Waals surface area contributed by atoms with E-state index in [2.05, 4.69) is 5.32 Å². The second-order valence-corrected chi connectivity index (χ2v) is 6.73. The molecule has 0 radical (unpaired) electrons. The molecule has 26 heavy (non-hydrogen) atoms. The van der Waals surface area contributed by atoms with Crippen LogP contribution in [0.4, 0.5) is 5.69 Å². The molecule has 2 aromatic carbocycles. The van der Waals surface area contributed by atoms with E-state index in [1.54, 1.807) is 12.1 Å². The Bertz CT molecular complexity index is 836. The molecule has 0 aliphatic carbocycles. The van der Waals surface area contributed by atoms with Gasteiger partial charge >= 0.3 is 0 Å². The van der Waals surface area contributed by atoms with E-state index in [4.69, 9.17) is 21.1 Å². The summed E-state index contributed by atoms with van der Waals surface area (Å²) < 4.78 is 10.6. The Kier molecular flexibility index (Phi) is 5.44. The fraction of sp³-hybridized carbons (Fsp3) is 0.263. The van der Waals surface area contributed by atoms with E-state index in [9.17, 15) is 9.59 Å². The molecular formula is C19H20ClN2O4+. The van der Waals surface area contributed by atoms with Crippen molar-refractivity contribution < 1.29 is 24.0 Å². The molecular weight excluding hydrogens is 356 g/mol. The zero-order chi connectivity index (χ0) is 18.7. The average Bonchev–Trinajstić information content (AvgIpc) is 3.03. The molecule has 0 saturated carbocycles. The van der Waals surface area contributed by atoms with Crippen molar-refractivity contribution in [1.82, 2.24) is 0 Å². The molecule has 1 aliphatic rings. The zero-order valence-corrected chi connectivity index (χ0v) is 15.4. The van der Waals surface area contributed by atoms with E-state index in [1.807, 2.05) is 31.3 Å². The Balaban J connectivity index is 1.66. The van der Waals surface area contributed by atoms with Crippen molar-refractivity contribution in [1.29, 1.82) is 0 Å². The lowest BCUT2D eigenvalue weighted by atomic mass is 10.1. The van der Waals surface area contributed by atoms with Crippen LogP contribution in [0.15, 0.2) is 36.4 Å². The summed E-state index contributed by atoms with van der Waals surface area (Å²) in [6, 6.07) is 10.8. The van der Waals surface area contributed by atoms with Gasteiger partial charge in [0.15, 0.2) is 23.8 Å². The van der Waals surface area contributed by atoms with Crippen molar-refractivity contribution in [3.8, 4) is 11.5 Å². The van der Waals surface area contributed by atoms with E-state index in [0.29, 0.717) is 34.3 Å². The lowest BCUT2D eigenvalue weighted by Gasteiger charge is -2.15. The molecule has 0 spiro atoms. The fourth-order valence-electron chi connectivity index (χ4n) is 2.82. The Morgan fingerprint density at radius 3 is 2.46 bits per heavy atom. The van der Waals surface area contributed by atoms with Crippen LogP contribution >= 0.6 is 11.6 Å². The topological polar surface area (TPSA) is 69.1 Å². The monoisotopic (exact) mass is 375 g/mol. The van der Waals surface area contributed by atoms with Gasteiger partial charge in [-0.25, -0.2) is 0 Å². The first kappa shape index (κ1) is 18.2. The molecule has 2 aromatic rings. The highest BCUT2D eigenvalue weighted by Gasteiger charge is 2.21. The van der Waals surface area contributed by atoms with E-state index in [1.165, 1.54) is 6.92 Å². The van der Waals surface area contributed by atoms with Crippen LogP contribution in [0, 0.1) is 0 Å². The Morgan fingerprint density at radius 2 is 1.81 bits per heavy atom. The number of halogens is 1. The van der Waals surface area contributed by atoms with E-state index >= 15 is 0 Å². The number of fused-ring (bicyclic) bond motifs is 1. The van der Waals surface area contributed by atoms with Crippen LogP contribution in [0.25, 0.3) is 0 Å². The lowest BCUT2D eigenvalue weighted by molar-refractivity contribution is -0.885. The summed E-state index contributed by atoms with van der Waals surface area (Å²) in [6.07, 6.45) is 0. The Hall–Kier alpha value is -2.57. The first-order valence-electron chi connectivity index (χ1n) is 8.22. The summed E-state index contributed by atoms with van der Waals surface area (Å²) >= 11 is 5.89. The van der Waals surface area contributed by atoms with Crippen LogP contribution in [-0.2, 0) is 11.3 Å². The molecule has 0 aromatic heterocycles. The van der Waals surface area contributed by atoms with Crippen molar-refractivity contribution in [3.05, 3.63) is 52.5 Å². The summed E-state index contributed by atoms with van der Waals surface area (Å²) in [5.41, 5.74) is 1.93. The molecule has 3 rings (SSSR count). The Labute approximate surface area is 156 Å². The summed E-state index contributed by atoms with van der Waals surface area (Å²) in [5.74, 6) is 0.698. The number of quaternary nitrogens is 1. The number of nitrogens with one attached hydrogen (secondary N) is 2. The maximum Gasteiger partial charge on any atom is 0.279 e. The van der Waals surface area contributed by atoms with E-state index < -0.39 is 0 Å². The minimum absolute atomic E-state index is 0.109. The largest absolute Gasteiger partial charge is 0.454 e. The number of benzene rings is 2. The summed E-state index contributed by atoms with van der Waals surface area (Å²) in [7, 11) is 1.93. The number of amides is 1. The molecule has 7 heteroatoms. The second kappa shape index (κ2) is 7.76. The first-order chi connectivity index (χ1) is 12.4. The molecule has 136 valence electrons. The predicted octanol–water partition coefficient (Wildman–Crippen LogP) is 1.92. The molecule has 1 unspecified atom stereocenters. The maximum absolute atomic E-state index is 12.4. The lowest BCUT2D eigenvalue weighted by Crippen LogP contribution is -3.08. The van der Waals surface area contributed by atoms with Gasteiger partial charge in [-0.1, -0.05) is 23.7 Å². The molecule has 0 fully saturated rings. The van der Waals surface area contributed by atoms with Gasteiger partial charge in [-0.3, -0.25) is 9.59 Å². The number of likely N-dealkylation sites (N-methyl/N-ethyl adjacent to an activating group) is 1. The number of carbonyl (C=O) groups excluding carboxylic acids is 2. The molecule has 1 aliphatic heterocycles. The molecule has 2 N–H and O–H groups in total. The normalized spacial score (nSPS) is 13.3. The SMILES string of the molecule is CC(=O)c1cc2c(cc1NC(=O)C[NH+](C)Cc1ccc(Cl)cc1)OCO2. The van der Waals surface area contributed by atoms with Crippen molar-refractivity contribution >= 4 is 29.0 Å². The minimum Gasteiger partial charge on any atom is -0.454 e. The molecule has 6 nitrogen and oxygen atoms in total. The van der Waals surface area contributed by atoms with Crippen molar-refractivity contribution in [2.75, 3.05) is 25.7 Å². The zero-order valence-electron chi connectivity index (χ0n) is 14.6. The van der Waals surface area contributed by atoms with Crippen molar-refractivity contribution in [2.45, 2.75) is 13.5 Å². The molecule has 0 bridgehead atoms. The van der Waals surface area contributed by atoms with Gasteiger partial charge in [0.05, 0.1) is 12.7 Å². The van der Waals surface area contributed by atoms with Gasteiger partial charge in [0.1, 0.15) is 6.54 Å². The van der Waals surface area contributed by atoms with Crippen LogP contribution in [0.5, 0.6) is 11.5 Å². The van der Waals surface area contributed by atoms with Gasteiger partial charge in [-0.15, -0.1) is 0 Å². The smallest absolute Gasteiger partial charge is 0.279 e. The van der Waals surface area contributed by atoms with Gasteiger partial charge in [0.2, 0.25) is 6.79 Å². The summed E-state index contributed by atoms with van der Waals surface area (Å²) in [5, 5.41) is 3.49. The molecule has 0 saturated heterocycles. The highest BCUT2D eigenvalue weighted by molar-refractivity contribution is 6.30. The van der Waals surface area contributed by atoms with Crippen molar-refractivity contribution in [2.24, 2.45) is 0 Å². The van der Waals surface area contributed by atoms with E-state index in [-0.39, 0.29) is 25.0 Å². The maximum atomic E-state index is 12.4. The summed E-state index contributed by atoms with van der Waals surface area (Å²) in [6.45, 7) is 2.50. The number of anilines is 1. The van der Waals surface area contributed by atoms with Gasteiger partial charge in [0.25, 0.3) is 5.91 Å². The summed E-state index contributed by atoms with van der Waals surface area (Å²) in [4.78, 5) is 25.3. The quantitative estimate of drug-likeness (QED) is 0.757. The van der Waals surface area contributed by atoms with Crippen LogP contribution in [-0.4, -0.2) is 32.1 Å². The first-order valence-corrected chi connectivity index (χ1v) is 8.60. The number of Topliss-reactive ketones (excluding diaryl/α,β-unsaturated/α-hetero) is 1. The number of hydrogen-bond donors (Lipinski definition) is 2. The fourth-order valence-corrected chi connectivity index (χ4v) is 2.94. The third-order valence-electron chi connectivity index (χ3n) is 4.05. The number of ether oxygens (including phenoxy) is 2. The number of carbonyl (C=O) groups is 2. The highest BCUT2D eigenvalue weighted by Crippen LogP contribution is 2.37. The number of hydrogen-bond acceptors (Lipinski definition) is 4. The standard InChI is InChI=1S/C19H19ClN2O4/c1-12(23)15-7-17-18(26-11-25-17)8-16(15)21-19(24)10-22(2)9-13-3-5-14(20)6-4-13/h3-8H,9-11H2,1-2H3,(H,21,24)/p+1. The van der Waals surface area contributed by atoms with Crippen molar-refractivity contribution in [3.63, 3.8) is 0 Å². The minimum atomic E-state index is -0.183. The number of ketones is 1. The molecule has 1 amide bonds. The second-order valence-electron chi connectivity index (χ2n) is 6.29. The molecule has 1 atom stereocenters. The van der Waals surface area contributed by atoms with Gasteiger partial charge in [-0.05, 0) is 25.1 Å². The predicted molar refractivity (Wildman–Crippen MR) is 98.1 cm³/mol. The van der Waals surface area contributed by atoms with Crippen LogP contribution < -0.4 is 19.7 Å². The van der Waals surface area contributed by atoms with Gasteiger partial charge in [0, 0.05) is 22.2 Å². The highest BCUT2D eigenvalue weighted by atomic mass is 35.5. The Morgan fingerprint density at radius 1 is 1.15 bits per heavy atom. The third-order valence-corrected chi connectivity index (χ3v) is 4.30. The van der Waals surface area contributed by atoms with Crippen LogP contribution in [0.2, 0.25) is 5.02 Å². The molecule has 1 heterocycles. The van der Waals surface area contributed by atoms with Gasteiger partial charge in [-0.2, -0.15) is 0 Å². The average molecular weight is 376 g/mol. The number of rotatable bonds is 6. The van der Waals surface area contributed by atoms with Crippen LogP contribution in [0.3, 0.4) is 0 Å². The van der Waals surface area contributed by atoms with Crippen LogP contribution in [0.1, 0.15) is 22.8 Å². The third kappa shape index (κ3) is 4.33.